The third kappa shape index (κ3) is 4.07. The van der Waals surface area contributed by atoms with E-state index in [1.54, 1.807) is 19.0 Å². The molecule has 0 radical (unpaired) electrons. The van der Waals surface area contributed by atoms with Gasteiger partial charge in [0, 0.05) is 45.6 Å². The van der Waals surface area contributed by atoms with Crippen molar-refractivity contribution in [2.45, 2.75) is 38.3 Å². The van der Waals surface area contributed by atoms with Gasteiger partial charge in [-0.05, 0) is 25.2 Å². The van der Waals surface area contributed by atoms with Crippen LogP contribution in [0.3, 0.4) is 0 Å². The van der Waals surface area contributed by atoms with Crippen molar-refractivity contribution < 1.29 is 4.79 Å². The molecule has 2 unspecified atom stereocenters. The topological polar surface area (TPSA) is 65.8 Å². The summed E-state index contributed by atoms with van der Waals surface area (Å²) in [6.07, 6.45) is 9.25. The number of amides is 1. The number of guanidine groups is 1. The van der Waals surface area contributed by atoms with E-state index in [9.17, 15) is 4.79 Å². The van der Waals surface area contributed by atoms with Gasteiger partial charge in [0.05, 0.1) is 12.4 Å². The van der Waals surface area contributed by atoms with Crippen molar-refractivity contribution >= 4 is 11.9 Å². The summed E-state index contributed by atoms with van der Waals surface area (Å²) < 4.78 is 2.19. The molecule has 1 N–H and O–H groups in total. The van der Waals surface area contributed by atoms with Crippen molar-refractivity contribution in [2.75, 3.05) is 33.7 Å². The van der Waals surface area contributed by atoms with Crippen LogP contribution in [0.2, 0.25) is 0 Å². The fourth-order valence-corrected chi connectivity index (χ4v) is 3.03. The minimum absolute atomic E-state index is 0.0293. The smallest absolute Gasteiger partial charge is 0.243 e. The zero-order valence-corrected chi connectivity index (χ0v) is 14.9. The Morgan fingerprint density at radius 2 is 2.17 bits per heavy atom. The highest BCUT2D eigenvalue weighted by Gasteiger charge is 2.31. The molecular formula is C17H28N6O. The number of carbonyl (C=O) groups excluding carboxylic acids is 1. The quantitative estimate of drug-likeness (QED) is 0.659. The SMILES string of the molecule is CC1CCN(C(=NCC(=O)N(C)C)NC2CC2)CC1n1ccnc1. The molecule has 1 aromatic rings. The van der Waals surface area contributed by atoms with Crippen LogP contribution >= 0.6 is 0 Å². The molecule has 0 spiro atoms. The number of imidazole rings is 1. The summed E-state index contributed by atoms with van der Waals surface area (Å²) in [6.45, 7) is 4.36. The van der Waals surface area contributed by atoms with E-state index in [1.807, 2.05) is 18.7 Å². The van der Waals surface area contributed by atoms with Crippen molar-refractivity contribution in [1.29, 1.82) is 0 Å². The molecule has 7 nitrogen and oxygen atoms in total. The molecule has 1 saturated carbocycles. The molecule has 24 heavy (non-hydrogen) atoms. The Hall–Kier alpha value is -2.05. The lowest BCUT2D eigenvalue weighted by Gasteiger charge is -2.39. The molecular weight excluding hydrogens is 304 g/mol. The Morgan fingerprint density at radius 1 is 1.38 bits per heavy atom. The van der Waals surface area contributed by atoms with Gasteiger partial charge in [-0.3, -0.25) is 4.79 Å². The maximum absolute atomic E-state index is 11.9. The highest BCUT2D eigenvalue weighted by atomic mass is 16.2. The molecule has 2 fully saturated rings. The first-order valence-electron chi connectivity index (χ1n) is 8.78. The van der Waals surface area contributed by atoms with E-state index < -0.39 is 0 Å². The molecule has 2 atom stereocenters. The van der Waals surface area contributed by atoms with Crippen LogP contribution in [0.5, 0.6) is 0 Å². The largest absolute Gasteiger partial charge is 0.353 e. The fourth-order valence-electron chi connectivity index (χ4n) is 3.03. The first kappa shape index (κ1) is 16.8. The van der Waals surface area contributed by atoms with Gasteiger partial charge in [-0.25, -0.2) is 9.98 Å². The van der Waals surface area contributed by atoms with Crippen LogP contribution < -0.4 is 5.32 Å². The second-order valence-corrected chi connectivity index (χ2v) is 7.14. The van der Waals surface area contributed by atoms with Gasteiger partial charge in [0.1, 0.15) is 6.54 Å². The lowest BCUT2D eigenvalue weighted by atomic mass is 9.93. The van der Waals surface area contributed by atoms with Crippen LogP contribution in [-0.2, 0) is 4.79 Å². The summed E-state index contributed by atoms with van der Waals surface area (Å²) in [5.74, 6) is 1.51. The predicted molar refractivity (Wildman–Crippen MR) is 93.8 cm³/mol. The molecule has 0 aromatic carbocycles. The Morgan fingerprint density at radius 3 is 2.79 bits per heavy atom. The average Bonchev–Trinajstić information content (AvgIpc) is 3.21. The van der Waals surface area contributed by atoms with Crippen molar-refractivity contribution in [3.05, 3.63) is 18.7 Å². The van der Waals surface area contributed by atoms with E-state index in [4.69, 9.17) is 0 Å². The second-order valence-electron chi connectivity index (χ2n) is 7.14. The predicted octanol–water partition coefficient (Wildman–Crippen LogP) is 0.962. The Labute approximate surface area is 143 Å². The van der Waals surface area contributed by atoms with Crippen molar-refractivity contribution in [2.24, 2.45) is 10.9 Å². The number of aliphatic imine (C=N–C) groups is 1. The van der Waals surface area contributed by atoms with E-state index in [2.05, 4.69) is 31.7 Å². The summed E-state index contributed by atoms with van der Waals surface area (Å²) in [5, 5.41) is 3.52. The normalized spacial score (nSPS) is 24.8. The number of nitrogens with zero attached hydrogens (tertiary/aromatic N) is 5. The molecule has 1 aliphatic carbocycles. The zero-order valence-electron chi connectivity index (χ0n) is 14.9. The van der Waals surface area contributed by atoms with Crippen molar-refractivity contribution in [3.8, 4) is 0 Å². The maximum atomic E-state index is 11.9. The first-order chi connectivity index (χ1) is 11.5. The van der Waals surface area contributed by atoms with Crippen LogP contribution in [0.15, 0.2) is 23.7 Å². The Kier molecular flexibility index (Phi) is 5.06. The minimum atomic E-state index is 0.0293. The molecule has 7 heteroatoms. The van der Waals surface area contributed by atoms with Crippen LogP contribution in [-0.4, -0.2) is 71.0 Å². The summed E-state index contributed by atoms with van der Waals surface area (Å²) >= 11 is 0. The zero-order chi connectivity index (χ0) is 17.1. The maximum Gasteiger partial charge on any atom is 0.243 e. The molecule has 132 valence electrons. The number of likely N-dealkylation sites (N-methyl/N-ethyl adjacent to an activating group) is 1. The number of likely N-dealkylation sites (tertiary alicyclic amines) is 1. The highest BCUT2D eigenvalue weighted by Crippen LogP contribution is 2.28. The Balaban J connectivity index is 1.71. The summed E-state index contributed by atoms with van der Waals surface area (Å²) in [7, 11) is 3.53. The molecule has 2 heterocycles. The number of hydrogen-bond acceptors (Lipinski definition) is 3. The highest BCUT2D eigenvalue weighted by molar-refractivity contribution is 5.85. The van der Waals surface area contributed by atoms with Gasteiger partial charge in [-0.15, -0.1) is 0 Å². The first-order valence-corrected chi connectivity index (χ1v) is 8.78. The monoisotopic (exact) mass is 332 g/mol. The average molecular weight is 332 g/mol. The summed E-state index contributed by atoms with van der Waals surface area (Å²) in [5.41, 5.74) is 0. The van der Waals surface area contributed by atoms with Gasteiger partial charge in [0.2, 0.25) is 5.91 Å². The van der Waals surface area contributed by atoms with Crippen LogP contribution in [0.4, 0.5) is 0 Å². The summed E-state index contributed by atoms with van der Waals surface area (Å²) in [4.78, 5) is 24.6. The summed E-state index contributed by atoms with van der Waals surface area (Å²) in [6, 6.07) is 0.904. The van der Waals surface area contributed by atoms with E-state index in [1.165, 1.54) is 12.8 Å². The van der Waals surface area contributed by atoms with Gasteiger partial charge >= 0.3 is 0 Å². The van der Waals surface area contributed by atoms with E-state index in [0.717, 1.165) is 25.5 Å². The Bertz CT molecular complexity index is 578. The molecule has 1 saturated heterocycles. The number of hydrogen-bond donors (Lipinski definition) is 1. The number of aromatic nitrogens is 2. The van der Waals surface area contributed by atoms with Crippen LogP contribution in [0.1, 0.15) is 32.2 Å². The van der Waals surface area contributed by atoms with Gasteiger partial charge < -0.3 is 19.7 Å². The van der Waals surface area contributed by atoms with Gasteiger partial charge in [-0.1, -0.05) is 6.92 Å². The lowest BCUT2D eigenvalue weighted by molar-refractivity contribution is -0.127. The van der Waals surface area contributed by atoms with Crippen LogP contribution in [0.25, 0.3) is 0 Å². The van der Waals surface area contributed by atoms with Crippen molar-refractivity contribution in [3.63, 3.8) is 0 Å². The number of rotatable bonds is 4. The standard InChI is InChI=1S/C17H28N6O/c1-13-6-8-22(11-15(13)23-9-7-18-12-23)17(20-14-4-5-14)19-10-16(24)21(2)3/h7,9,12-15H,4-6,8,10-11H2,1-3H3,(H,19,20). The number of nitrogens with one attached hydrogen (secondary N) is 1. The van der Waals surface area contributed by atoms with Gasteiger partial charge in [-0.2, -0.15) is 0 Å². The van der Waals surface area contributed by atoms with Gasteiger partial charge in [0.15, 0.2) is 5.96 Å². The van der Waals surface area contributed by atoms with E-state index in [0.29, 0.717) is 18.0 Å². The second kappa shape index (κ2) is 7.23. The molecule has 1 aromatic heterocycles. The number of carbonyl (C=O) groups is 1. The van der Waals surface area contributed by atoms with Crippen LogP contribution in [0, 0.1) is 5.92 Å². The van der Waals surface area contributed by atoms with Crippen molar-refractivity contribution in [1.82, 2.24) is 24.7 Å². The molecule has 3 rings (SSSR count). The molecule has 1 aliphatic heterocycles. The van der Waals surface area contributed by atoms with Gasteiger partial charge in [0.25, 0.3) is 0 Å². The third-order valence-corrected chi connectivity index (χ3v) is 4.90. The lowest BCUT2D eigenvalue weighted by Crippen LogP contribution is -2.49. The number of piperidine rings is 1. The minimum Gasteiger partial charge on any atom is -0.353 e. The van der Waals surface area contributed by atoms with E-state index in [-0.39, 0.29) is 12.5 Å². The molecule has 0 bridgehead atoms. The van der Waals surface area contributed by atoms with E-state index >= 15 is 0 Å². The third-order valence-electron chi connectivity index (χ3n) is 4.90. The molecule has 2 aliphatic rings. The fraction of sp³-hybridized carbons (Fsp3) is 0.706. The molecule has 1 amide bonds.